The van der Waals surface area contributed by atoms with Crippen molar-refractivity contribution in [2.45, 2.75) is 18.9 Å². The normalized spacial score (nSPS) is 15.8. The summed E-state index contributed by atoms with van der Waals surface area (Å²) in [5, 5.41) is 0. The molecule has 1 atom stereocenters. The van der Waals surface area contributed by atoms with Gasteiger partial charge in [0.25, 0.3) is 0 Å². The SMILES string of the molecule is Nc1ccc(Oc2ccc3c(c2)CCC(c2ccc(F)cc2F)O3)nc1. The van der Waals surface area contributed by atoms with Gasteiger partial charge in [0, 0.05) is 17.7 Å². The summed E-state index contributed by atoms with van der Waals surface area (Å²) < 4.78 is 38.7. The van der Waals surface area contributed by atoms with Crippen molar-refractivity contribution in [2.24, 2.45) is 0 Å². The molecule has 0 spiro atoms. The lowest BCUT2D eigenvalue weighted by molar-refractivity contribution is 0.171. The number of fused-ring (bicyclic) bond motifs is 1. The zero-order valence-electron chi connectivity index (χ0n) is 13.8. The molecule has 1 aliphatic rings. The van der Waals surface area contributed by atoms with Crippen LogP contribution in [0.25, 0.3) is 0 Å². The van der Waals surface area contributed by atoms with E-state index in [2.05, 4.69) is 4.98 Å². The van der Waals surface area contributed by atoms with E-state index >= 15 is 0 Å². The van der Waals surface area contributed by atoms with Crippen LogP contribution < -0.4 is 15.2 Å². The predicted molar refractivity (Wildman–Crippen MR) is 93.2 cm³/mol. The number of anilines is 1. The molecule has 0 fully saturated rings. The second-order valence-corrected chi connectivity index (χ2v) is 6.11. The van der Waals surface area contributed by atoms with Gasteiger partial charge in [0.1, 0.15) is 29.2 Å². The number of aryl methyl sites for hydroxylation is 1. The molecule has 1 aliphatic heterocycles. The van der Waals surface area contributed by atoms with E-state index in [1.54, 1.807) is 24.3 Å². The van der Waals surface area contributed by atoms with E-state index in [1.165, 1.54) is 18.3 Å². The van der Waals surface area contributed by atoms with Gasteiger partial charge in [-0.3, -0.25) is 0 Å². The van der Waals surface area contributed by atoms with E-state index < -0.39 is 17.7 Å². The fraction of sp³-hybridized carbons (Fsp3) is 0.150. The number of nitrogen functional groups attached to an aromatic ring is 1. The van der Waals surface area contributed by atoms with Crippen LogP contribution in [0, 0.1) is 11.6 Å². The number of hydrogen-bond acceptors (Lipinski definition) is 4. The summed E-state index contributed by atoms with van der Waals surface area (Å²) in [4.78, 5) is 4.10. The lowest BCUT2D eigenvalue weighted by atomic mass is 9.97. The molecule has 0 aliphatic carbocycles. The minimum atomic E-state index is -0.597. The third-order valence-corrected chi connectivity index (χ3v) is 4.27. The van der Waals surface area contributed by atoms with Crippen molar-refractivity contribution >= 4 is 5.69 Å². The van der Waals surface area contributed by atoms with Crippen LogP contribution in [-0.4, -0.2) is 4.98 Å². The third kappa shape index (κ3) is 3.31. The first-order chi connectivity index (χ1) is 12.6. The maximum atomic E-state index is 14.0. The molecule has 2 N–H and O–H groups in total. The van der Waals surface area contributed by atoms with Crippen molar-refractivity contribution in [3.8, 4) is 17.4 Å². The third-order valence-electron chi connectivity index (χ3n) is 4.27. The molecule has 0 saturated carbocycles. The van der Waals surface area contributed by atoms with Crippen LogP contribution in [-0.2, 0) is 6.42 Å². The van der Waals surface area contributed by atoms with Gasteiger partial charge in [-0.2, -0.15) is 0 Å². The van der Waals surface area contributed by atoms with E-state index in [4.69, 9.17) is 15.2 Å². The maximum Gasteiger partial charge on any atom is 0.219 e. The summed E-state index contributed by atoms with van der Waals surface area (Å²) >= 11 is 0. The average molecular weight is 354 g/mol. The van der Waals surface area contributed by atoms with Gasteiger partial charge in [0.15, 0.2) is 0 Å². The first-order valence-electron chi connectivity index (χ1n) is 8.22. The molecule has 6 heteroatoms. The summed E-state index contributed by atoms with van der Waals surface area (Å²) in [5.41, 5.74) is 7.51. The monoisotopic (exact) mass is 354 g/mol. The quantitative estimate of drug-likeness (QED) is 0.734. The molecule has 0 saturated heterocycles. The standard InChI is InChI=1S/C20H16F2N2O2/c21-13-2-5-16(17(22)10-13)19-6-1-12-9-15(4-7-18(12)26-19)25-20-8-3-14(23)11-24-20/h2-5,7-11,19H,1,6,23H2. The minimum absolute atomic E-state index is 0.364. The number of hydrogen-bond donors (Lipinski definition) is 1. The van der Waals surface area contributed by atoms with Crippen LogP contribution in [0.4, 0.5) is 14.5 Å². The highest BCUT2D eigenvalue weighted by Crippen LogP contribution is 2.38. The molecule has 26 heavy (non-hydrogen) atoms. The van der Waals surface area contributed by atoms with Gasteiger partial charge in [-0.1, -0.05) is 0 Å². The second kappa shape index (κ2) is 6.63. The summed E-state index contributed by atoms with van der Waals surface area (Å²) in [7, 11) is 0. The van der Waals surface area contributed by atoms with Crippen LogP contribution in [0.2, 0.25) is 0 Å². The predicted octanol–water partition coefficient (Wildman–Crippen LogP) is 4.80. The molecule has 4 rings (SSSR count). The molecule has 0 bridgehead atoms. The van der Waals surface area contributed by atoms with Crippen molar-refractivity contribution in [2.75, 3.05) is 5.73 Å². The number of benzene rings is 2. The molecule has 1 unspecified atom stereocenters. The Bertz CT molecular complexity index is 945. The van der Waals surface area contributed by atoms with E-state index in [0.29, 0.717) is 41.5 Å². The number of nitrogens with two attached hydrogens (primary N) is 1. The number of pyridine rings is 1. The van der Waals surface area contributed by atoms with E-state index in [0.717, 1.165) is 11.6 Å². The van der Waals surface area contributed by atoms with E-state index in [-0.39, 0.29) is 0 Å². The van der Waals surface area contributed by atoms with Crippen molar-refractivity contribution in [3.63, 3.8) is 0 Å². The van der Waals surface area contributed by atoms with Gasteiger partial charge >= 0.3 is 0 Å². The van der Waals surface area contributed by atoms with Crippen LogP contribution in [0.1, 0.15) is 23.7 Å². The molecule has 0 radical (unpaired) electrons. The molecular weight excluding hydrogens is 338 g/mol. The summed E-state index contributed by atoms with van der Waals surface area (Å²) in [6, 6.07) is 12.4. The smallest absolute Gasteiger partial charge is 0.219 e. The Labute approximate surface area is 149 Å². The average Bonchev–Trinajstić information content (AvgIpc) is 2.63. The van der Waals surface area contributed by atoms with Crippen molar-refractivity contribution in [1.29, 1.82) is 0 Å². The number of rotatable bonds is 3. The van der Waals surface area contributed by atoms with Crippen LogP contribution in [0.15, 0.2) is 54.7 Å². The largest absolute Gasteiger partial charge is 0.485 e. The number of nitrogens with zero attached hydrogens (tertiary/aromatic N) is 1. The van der Waals surface area contributed by atoms with Gasteiger partial charge in [0.2, 0.25) is 5.88 Å². The first kappa shape index (κ1) is 16.3. The fourth-order valence-corrected chi connectivity index (χ4v) is 2.98. The Hall–Kier alpha value is -3.15. The lowest BCUT2D eigenvalue weighted by Gasteiger charge is -2.27. The maximum absolute atomic E-state index is 14.0. The van der Waals surface area contributed by atoms with Crippen molar-refractivity contribution in [1.82, 2.24) is 4.98 Å². The number of halogens is 2. The van der Waals surface area contributed by atoms with Gasteiger partial charge in [-0.05, 0) is 54.8 Å². The van der Waals surface area contributed by atoms with Gasteiger partial charge < -0.3 is 15.2 Å². The fourth-order valence-electron chi connectivity index (χ4n) is 2.98. The summed E-state index contributed by atoms with van der Waals surface area (Å²) in [6.45, 7) is 0. The highest BCUT2D eigenvalue weighted by Gasteiger charge is 2.24. The minimum Gasteiger partial charge on any atom is -0.485 e. The Balaban J connectivity index is 1.53. The molecule has 1 aromatic heterocycles. The van der Waals surface area contributed by atoms with E-state index in [1.807, 2.05) is 6.07 Å². The zero-order valence-corrected chi connectivity index (χ0v) is 13.8. The van der Waals surface area contributed by atoms with Gasteiger partial charge in [-0.15, -0.1) is 0 Å². The molecule has 4 nitrogen and oxygen atoms in total. The Morgan fingerprint density at radius 3 is 2.73 bits per heavy atom. The van der Waals surface area contributed by atoms with Crippen molar-refractivity contribution < 1.29 is 18.3 Å². The van der Waals surface area contributed by atoms with Gasteiger partial charge in [0.05, 0.1) is 11.9 Å². The molecule has 2 aromatic carbocycles. The zero-order chi connectivity index (χ0) is 18.1. The molecule has 132 valence electrons. The number of aromatic nitrogens is 1. The van der Waals surface area contributed by atoms with Crippen LogP contribution in [0.5, 0.6) is 17.4 Å². The molecule has 3 aromatic rings. The van der Waals surface area contributed by atoms with Gasteiger partial charge in [-0.25, -0.2) is 13.8 Å². The number of ether oxygens (including phenoxy) is 2. The van der Waals surface area contributed by atoms with Crippen molar-refractivity contribution in [3.05, 3.63) is 77.5 Å². The highest BCUT2D eigenvalue weighted by molar-refractivity contribution is 5.44. The molecule has 0 amide bonds. The van der Waals surface area contributed by atoms with Crippen LogP contribution in [0.3, 0.4) is 0 Å². The first-order valence-corrected chi connectivity index (χ1v) is 8.22. The van der Waals surface area contributed by atoms with Crippen LogP contribution >= 0.6 is 0 Å². The topological polar surface area (TPSA) is 57.4 Å². The Morgan fingerprint density at radius 2 is 1.96 bits per heavy atom. The summed E-state index contributed by atoms with van der Waals surface area (Å²) in [6.07, 6.45) is 2.38. The Morgan fingerprint density at radius 1 is 1.08 bits per heavy atom. The van der Waals surface area contributed by atoms with E-state index in [9.17, 15) is 8.78 Å². The molecule has 2 heterocycles. The second-order valence-electron chi connectivity index (χ2n) is 6.11. The molecular formula is C20H16F2N2O2. The summed E-state index contributed by atoms with van der Waals surface area (Å²) in [5.74, 6) is 0.564. The highest BCUT2D eigenvalue weighted by atomic mass is 19.1. The lowest BCUT2D eigenvalue weighted by Crippen LogP contribution is -2.16. The Kier molecular flexibility index (Phi) is 4.16.